The van der Waals surface area contributed by atoms with E-state index >= 15 is 0 Å². The van der Waals surface area contributed by atoms with E-state index in [2.05, 4.69) is 27.2 Å². The molecule has 2 aromatic rings. The number of carbonyl (C=O) groups excluding carboxylic acids is 2. The minimum absolute atomic E-state index is 0.0379. The van der Waals surface area contributed by atoms with E-state index < -0.39 is 59.3 Å². The summed E-state index contributed by atoms with van der Waals surface area (Å²) in [5.74, 6) is -0.0360. The molecule has 308 valence electrons. The highest BCUT2D eigenvalue weighted by atomic mass is 32.2. The Kier molecular flexibility index (Phi) is 21.1. The van der Waals surface area contributed by atoms with Gasteiger partial charge in [0.05, 0.1) is 26.0 Å². The number of unbranched alkanes of at least 4 members (excludes halogenated alkanes) is 14. The van der Waals surface area contributed by atoms with Gasteiger partial charge in [0.1, 0.15) is 30.2 Å². The van der Waals surface area contributed by atoms with Crippen molar-refractivity contribution in [2.24, 2.45) is 0 Å². The number of thioether (sulfide) groups is 1. The smallest absolute Gasteiger partial charge is 0.386 e. The number of nitrogens with two attached hydrogens (primary N) is 1. The summed E-state index contributed by atoms with van der Waals surface area (Å²) in [6, 6.07) is 0. The first kappa shape index (κ1) is 46.4. The number of nitrogens with one attached hydrogen (secondary N) is 1. The van der Waals surface area contributed by atoms with E-state index in [9.17, 15) is 38.5 Å². The van der Waals surface area contributed by atoms with E-state index in [4.69, 9.17) is 24.0 Å². The van der Waals surface area contributed by atoms with Crippen LogP contribution in [0.25, 0.3) is 11.2 Å². The van der Waals surface area contributed by atoms with Gasteiger partial charge in [-0.2, -0.15) is 0 Å². The number of phosphoric ester groups is 2. The topological polar surface area (TPSA) is 268 Å². The zero-order chi connectivity index (χ0) is 39.4. The van der Waals surface area contributed by atoms with E-state index in [0.29, 0.717) is 12.2 Å². The molecule has 7 N–H and O–H groups in total. The van der Waals surface area contributed by atoms with E-state index in [1.165, 1.54) is 87.9 Å². The maximum atomic E-state index is 12.5. The first-order valence-corrected chi connectivity index (χ1v) is 22.9. The van der Waals surface area contributed by atoms with E-state index in [1.54, 1.807) is 0 Å². The molecule has 0 saturated carbocycles. The zero-order valence-electron chi connectivity index (χ0n) is 31.0. The normalized spacial score (nSPS) is 20.0. The summed E-state index contributed by atoms with van der Waals surface area (Å²) < 4.78 is 45.6. The van der Waals surface area contributed by atoms with Crippen LogP contribution in [0.15, 0.2) is 12.7 Å². The number of phosphoric acid groups is 2. The highest BCUT2D eigenvalue weighted by Crippen LogP contribution is 2.47. The molecule has 21 heteroatoms. The molecule has 1 amide bonds. The number of imidazole rings is 1. The predicted molar refractivity (Wildman–Crippen MR) is 203 cm³/mol. The third-order valence-electron chi connectivity index (χ3n) is 8.89. The van der Waals surface area contributed by atoms with E-state index in [-0.39, 0.29) is 35.1 Å². The summed E-state index contributed by atoms with van der Waals surface area (Å²) in [4.78, 5) is 65.2. The fourth-order valence-corrected chi connectivity index (χ4v) is 8.07. The van der Waals surface area contributed by atoms with Crippen LogP contribution in [0, 0.1) is 0 Å². The summed E-state index contributed by atoms with van der Waals surface area (Å²) in [5, 5.41) is 13.6. The SMILES string of the molecule is CCCCCCCCCCCCCCCCCC(=O)SCCNC(=O)CCOP(=O)(O)OCC1OC(n2cnc3c(N)ncnc32)C(O)C1OP(=O)(O)O. The highest BCUT2D eigenvalue weighted by molar-refractivity contribution is 8.13. The first-order valence-electron chi connectivity index (χ1n) is 18.9. The van der Waals surface area contributed by atoms with E-state index in [1.807, 2.05) is 0 Å². The quantitative estimate of drug-likeness (QED) is 0.0448. The van der Waals surface area contributed by atoms with Crippen LogP contribution < -0.4 is 11.1 Å². The number of carbonyl (C=O) groups is 2. The molecule has 1 saturated heterocycles. The number of fused-ring (bicyclic) bond motifs is 1. The van der Waals surface area contributed by atoms with Crippen molar-refractivity contribution in [3.63, 3.8) is 0 Å². The number of nitrogen functional groups attached to an aromatic ring is 1. The van der Waals surface area contributed by atoms with Crippen molar-refractivity contribution in [1.29, 1.82) is 0 Å². The Morgan fingerprint density at radius 1 is 0.907 bits per heavy atom. The number of ether oxygens (including phenoxy) is 1. The van der Waals surface area contributed by atoms with Gasteiger partial charge >= 0.3 is 15.6 Å². The molecular weight excluding hydrogens is 766 g/mol. The summed E-state index contributed by atoms with van der Waals surface area (Å²) in [6.07, 6.45) is 15.2. The van der Waals surface area contributed by atoms with Gasteiger partial charge in [0.25, 0.3) is 0 Å². The highest BCUT2D eigenvalue weighted by Gasteiger charge is 2.49. The third-order valence-corrected chi connectivity index (χ3v) is 11.3. The van der Waals surface area contributed by atoms with Gasteiger partial charge in [-0.3, -0.25) is 27.7 Å². The second-order valence-corrected chi connectivity index (χ2v) is 17.1. The molecule has 0 spiro atoms. The van der Waals surface area contributed by atoms with Gasteiger partial charge in [-0.25, -0.2) is 24.1 Å². The number of aliphatic hydroxyl groups is 1. The van der Waals surface area contributed by atoms with E-state index in [0.717, 1.165) is 37.4 Å². The predicted octanol–water partition coefficient (Wildman–Crippen LogP) is 5.31. The summed E-state index contributed by atoms with van der Waals surface area (Å²) in [7, 11) is -9.97. The number of nitrogens with zero attached hydrogens (tertiary/aromatic N) is 4. The lowest BCUT2D eigenvalue weighted by Gasteiger charge is -2.21. The van der Waals surface area contributed by atoms with Crippen LogP contribution in [0.2, 0.25) is 0 Å². The number of hydrogen-bond acceptors (Lipinski definition) is 14. The molecule has 18 nitrogen and oxygen atoms in total. The molecule has 2 aromatic heterocycles. The number of hydrogen-bond donors (Lipinski definition) is 6. The number of aliphatic hydroxyl groups excluding tert-OH is 1. The first-order chi connectivity index (χ1) is 25.8. The second kappa shape index (κ2) is 24.6. The van der Waals surface area contributed by atoms with Gasteiger partial charge in [-0.1, -0.05) is 109 Å². The van der Waals surface area contributed by atoms with Gasteiger partial charge in [-0.15, -0.1) is 0 Å². The van der Waals surface area contributed by atoms with Crippen LogP contribution in [-0.4, -0.2) is 94.2 Å². The van der Waals surface area contributed by atoms with Crippen molar-refractivity contribution in [3.8, 4) is 0 Å². The average molecular weight is 825 g/mol. The van der Waals surface area contributed by atoms with Gasteiger partial charge in [0, 0.05) is 18.7 Å². The molecule has 0 radical (unpaired) electrons. The number of aromatic nitrogens is 4. The number of amides is 1. The molecule has 1 fully saturated rings. The average Bonchev–Trinajstić information content (AvgIpc) is 3.68. The van der Waals surface area contributed by atoms with Crippen LogP contribution in [-0.2, 0) is 37.0 Å². The minimum atomic E-state index is -5.17. The van der Waals surface area contributed by atoms with Gasteiger partial charge in [-0.05, 0) is 6.42 Å². The molecule has 1 aliphatic heterocycles. The number of rotatable bonds is 29. The van der Waals surface area contributed by atoms with Gasteiger partial charge in [0.15, 0.2) is 22.8 Å². The van der Waals surface area contributed by atoms with Crippen molar-refractivity contribution in [2.75, 3.05) is 31.2 Å². The summed E-state index contributed by atoms with van der Waals surface area (Å²) in [6.45, 7) is 1.19. The molecule has 5 atom stereocenters. The number of anilines is 1. The molecule has 0 aromatic carbocycles. The van der Waals surface area contributed by atoms with Crippen LogP contribution in [0.1, 0.15) is 122 Å². The van der Waals surface area contributed by atoms with Gasteiger partial charge < -0.3 is 35.6 Å². The van der Waals surface area contributed by atoms with Crippen molar-refractivity contribution >= 4 is 55.4 Å². The molecular formula is C33H58N6O12P2S. The zero-order valence-corrected chi connectivity index (χ0v) is 33.6. The summed E-state index contributed by atoms with van der Waals surface area (Å²) >= 11 is 1.16. The maximum Gasteiger partial charge on any atom is 0.472 e. The Labute approximate surface area is 320 Å². The lowest BCUT2D eigenvalue weighted by Crippen LogP contribution is -2.35. The monoisotopic (exact) mass is 824 g/mol. The second-order valence-electron chi connectivity index (χ2n) is 13.3. The van der Waals surface area contributed by atoms with Crippen LogP contribution in [0.5, 0.6) is 0 Å². The fourth-order valence-electron chi connectivity index (χ4n) is 6.04. The third kappa shape index (κ3) is 17.4. The van der Waals surface area contributed by atoms with Gasteiger partial charge in [0.2, 0.25) is 5.91 Å². The Morgan fingerprint density at radius 2 is 1.52 bits per heavy atom. The Balaban J connectivity index is 1.24. The van der Waals surface area contributed by atoms with Crippen molar-refractivity contribution in [2.45, 2.75) is 141 Å². The lowest BCUT2D eigenvalue weighted by atomic mass is 10.0. The Hall–Kier alpha value is -2.02. The minimum Gasteiger partial charge on any atom is -0.386 e. The largest absolute Gasteiger partial charge is 0.472 e. The fraction of sp³-hybridized carbons (Fsp3) is 0.788. The molecule has 54 heavy (non-hydrogen) atoms. The molecule has 5 unspecified atom stereocenters. The maximum absolute atomic E-state index is 12.5. The summed E-state index contributed by atoms with van der Waals surface area (Å²) in [5.41, 5.74) is 6.11. The molecule has 1 aliphatic rings. The molecule has 3 heterocycles. The van der Waals surface area contributed by atoms with Crippen LogP contribution >= 0.6 is 27.4 Å². The van der Waals surface area contributed by atoms with Crippen molar-refractivity contribution in [3.05, 3.63) is 12.7 Å². The van der Waals surface area contributed by atoms with Crippen molar-refractivity contribution < 1.29 is 56.8 Å². The lowest BCUT2D eigenvalue weighted by molar-refractivity contribution is -0.121. The standard InChI is InChI=1S/C33H58N6O12P2S/c1-2-3-4-5-6-7-8-9-10-11-12-13-14-15-16-17-27(41)54-21-19-35-26(40)18-20-48-53(46,47)49-22-25-30(51-52(43,44)45)29(42)33(50-25)39-24-38-28-31(34)36-23-37-32(28)39/h23-25,29-30,33,42H,2-22H2,1H3,(H,35,40)(H,46,47)(H2,34,36,37)(H2,43,44,45). The Morgan fingerprint density at radius 3 is 2.13 bits per heavy atom. The molecule has 3 rings (SSSR count). The van der Waals surface area contributed by atoms with Crippen LogP contribution in [0.3, 0.4) is 0 Å². The molecule has 0 bridgehead atoms. The van der Waals surface area contributed by atoms with Crippen molar-refractivity contribution in [1.82, 2.24) is 24.8 Å². The Bertz CT molecular complexity index is 1520. The van der Waals surface area contributed by atoms with Crippen LogP contribution in [0.4, 0.5) is 5.82 Å². The molecule has 0 aliphatic carbocycles.